The predicted octanol–water partition coefficient (Wildman–Crippen LogP) is 4.07. The summed E-state index contributed by atoms with van der Waals surface area (Å²) in [5.74, 6) is 3.18. The first-order chi connectivity index (χ1) is 14.1. The van der Waals surface area contributed by atoms with Crippen molar-refractivity contribution < 1.29 is 9.05 Å². The van der Waals surface area contributed by atoms with Crippen molar-refractivity contribution in [2.24, 2.45) is 5.92 Å². The number of hydrogen-bond acceptors (Lipinski definition) is 7. The maximum Gasteiger partial charge on any atom is 0.259 e. The van der Waals surface area contributed by atoms with Gasteiger partial charge in [-0.1, -0.05) is 23.2 Å². The quantitative estimate of drug-likeness (QED) is 0.624. The van der Waals surface area contributed by atoms with E-state index in [1.165, 1.54) is 18.4 Å². The van der Waals surface area contributed by atoms with E-state index >= 15 is 0 Å². The van der Waals surface area contributed by atoms with Crippen LogP contribution in [-0.2, 0) is 12.0 Å². The van der Waals surface area contributed by atoms with E-state index < -0.39 is 0 Å². The third kappa shape index (κ3) is 3.71. The lowest BCUT2D eigenvalue weighted by Crippen LogP contribution is -2.43. The van der Waals surface area contributed by atoms with Crippen molar-refractivity contribution >= 4 is 0 Å². The number of piperidine rings is 1. The lowest BCUT2D eigenvalue weighted by atomic mass is 9.73. The molecule has 152 valence electrons. The zero-order chi connectivity index (χ0) is 19.8. The summed E-state index contributed by atoms with van der Waals surface area (Å²) in [6.07, 6.45) is 9.47. The van der Waals surface area contributed by atoms with E-state index in [0.29, 0.717) is 5.89 Å². The third-order valence-corrected chi connectivity index (χ3v) is 6.56. The van der Waals surface area contributed by atoms with Crippen LogP contribution in [0.5, 0.6) is 0 Å². The molecule has 0 radical (unpaired) electrons. The van der Waals surface area contributed by atoms with Gasteiger partial charge in [-0.15, -0.1) is 0 Å². The van der Waals surface area contributed by atoms with Crippen LogP contribution in [0.25, 0.3) is 11.5 Å². The summed E-state index contributed by atoms with van der Waals surface area (Å²) in [5, 5.41) is 8.54. The van der Waals surface area contributed by atoms with Gasteiger partial charge in [0.1, 0.15) is 5.76 Å². The second-order valence-electron chi connectivity index (χ2n) is 8.67. The molecule has 4 heterocycles. The molecule has 1 aliphatic heterocycles. The fourth-order valence-electron chi connectivity index (χ4n) is 4.53. The van der Waals surface area contributed by atoms with Crippen LogP contribution in [0.4, 0.5) is 0 Å². The molecule has 7 nitrogen and oxygen atoms in total. The molecule has 0 bridgehead atoms. The molecule has 1 saturated carbocycles. The Labute approximate surface area is 170 Å². The van der Waals surface area contributed by atoms with Gasteiger partial charge in [0.05, 0.1) is 11.3 Å². The van der Waals surface area contributed by atoms with Crippen LogP contribution < -0.4 is 0 Å². The van der Waals surface area contributed by atoms with Gasteiger partial charge in [-0.3, -0.25) is 9.88 Å². The number of nitrogens with zero attached hydrogens (tertiary/aromatic N) is 5. The maximum atomic E-state index is 5.64. The van der Waals surface area contributed by atoms with Crippen molar-refractivity contribution in [1.29, 1.82) is 0 Å². The molecule has 0 amide bonds. The molecule has 0 atom stereocenters. The van der Waals surface area contributed by atoms with Crippen molar-refractivity contribution in [1.82, 2.24) is 25.2 Å². The lowest BCUT2D eigenvalue weighted by Gasteiger charge is -2.40. The van der Waals surface area contributed by atoms with E-state index in [1.54, 1.807) is 12.4 Å². The van der Waals surface area contributed by atoms with Crippen LogP contribution in [0.3, 0.4) is 0 Å². The van der Waals surface area contributed by atoms with Gasteiger partial charge in [-0.05, 0) is 64.3 Å². The summed E-state index contributed by atoms with van der Waals surface area (Å²) in [6.45, 7) is 6.96. The zero-order valence-corrected chi connectivity index (χ0v) is 17.1. The van der Waals surface area contributed by atoms with Gasteiger partial charge in [-0.25, -0.2) is 0 Å². The Morgan fingerprint density at radius 2 is 1.97 bits per heavy atom. The number of pyridine rings is 1. The van der Waals surface area contributed by atoms with E-state index in [9.17, 15) is 0 Å². The molecule has 0 spiro atoms. The average molecular weight is 393 g/mol. The van der Waals surface area contributed by atoms with E-state index in [2.05, 4.69) is 20.2 Å². The van der Waals surface area contributed by atoms with Gasteiger partial charge in [0.25, 0.3) is 5.89 Å². The number of likely N-dealkylation sites (tertiary alicyclic amines) is 1. The zero-order valence-electron chi connectivity index (χ0n) is 17.1. The molecule has 7 heteroatoms. The summed E-state index contributed by atoms with van der Waals surface area (Å²) in [4.78, 5) is 11.5. The summed E-state index contributed by atoms with van der Waals surface area (Å²) in [6, 6.07) is 3.86. The van der Waals surface area contributed by atoms with Crippen LogP contribution in [-0.4, -0.2) is 38.3 Å². The van der Waals surface area contributed by atoms with Crippen molar-refractivity contribution in [2.75, 3.05) is 13.1 Å². The summed E-state index contributed by atoms with van der Waals surface area (Å²) >= 11 is 0. The Morgan fingerprint density at radius 3 is 2.62 bits per heavy atom. The molecule has 29 heavy (non-hydrogen) atoms. The second-order valence-corrected chi connectivity index (χ2v) is 8.67. The molecule has 3 aromatic rings. The fourth-order valence-corrected chi connectivity index (χ4v) is 4.53. The van der Waals surface area contributed by atoms with Gasteiger partial charge in [0, 0.05) is 29.9 Å². The molecular weight excluding hydrogens is 366 g/mol. The minimum Gasteiger partial charge on any atom is -0.361 e. The van der Waals surface area contributed by atoms with Crippen molar-refractivity contribution in [2.45, 2.75) is 57.9 Å². The van der Waals surface area contributed by atoms with Gasteiger partial charge < -0.3 is 9.05 Å². The van der Waals surface area contributed by atoms with Gasteiger partial charge in [0.15, 0.2) is 5.82 Å². The largest absolute Gasteiger partial charge is 0.361 e. The molecule has 0 aromatic carbocycles. The summed E-state index contributed by atoms with van der Waals surface area (Å²) < 4.78 is 11.0. The van der Waals surface area contributed by atoms with E-state index in [4.69, 9.17) is 14.0 Å². The minimum atomic E-state index is 0.0142. The van der Waals surface area contributed by atoms with E-state index in [0.717, 1.165) is 67.7 Å². The molecule has 1 aliphatic carbocycles. The van der Waals surface area contributed by atoms with Crippen molar-refractivity contribution in [3.8, 4) is 11.5 Å². The molecule has 1 saturated heterocycles. The molecule has 2 fully saturated rings. The van der Waals surface area contributed by atoms with Crippen LogP contribution in [0.2, 0.25) is 0 Å². The predicted molar refractivity (Wildman–Crippen MR) is 107 cm³/mol. The highest BCUT2D eigenvalue weighted by Gasteiger charge is 2.44. The highest BCUT2D eigenvalue weighted by atomic mass is 16.5. The highest BCUT2D eigenvalue weighted by molar-refractivity contribution is 5.50. The fraction of sp³-hybridized carbons (Fsp3) is 0.545. The van der Waals surface area contributed by atoms with Gasteiger partial charge >= 0.3 is 0 Å². The Hall–Kier alpha value is -2.54. The normalized spacial score (nSPS) is 19.5. The van der Waals surface area contributed by atoms with Crippen molar-refractivity contribution in [3.05, 3.63) is 47.4 Å². The molecule has 5 rings (SSSR count). The number of aromatic nitrogens is 4. The SMILES string of the molecule is Cc1noc(C)c1CN1CCC(CC2CC2)(c2noc(-c3cccnc3)n2)CC1. The summed E-state index contributed by atoms with van der Waals surface area (Å²) in [5.41, 5.74) is 3.11. The Kier molecular flexibility index (Phi) is 4.70. The molecule has 0 N–H and O–H groups in total. The summed E-state index contributed by atoms with van der Waals surface area (Å²) in [7, 11) is 0. The lowest BCUT2D eigenvalue weighted by molar-refractivity contribution is 0.133. The topological polar surface area (TPSA) is 81.1 Å². The standard InChI is InChI=1S/C22H27N5O2/c1-15-19(16(2)28-25-15)14-27-10-7-22(8-11-27,12-17-5-6-17)21-24-20(29-26-21)18-4-3-9-23-13-18/h3-4,9,13,17H,5-8,10-12,14H2,1-2H3. The monoisotopic (exact) mass is 393 g/mol. The van der Waals surface area contributed by atoms with Gasteiger partial charge in [-0.2, -0.15) is 4.98 Å². The Balaban J connectivity index is 1.34. The Bertz CT molecular complexity index is 949. The first-order valence-electron chi connectivity index (χ1n) is 10.5. The first-order valence-corrected chi connectivity index (χ1v) is 10.5. The van der Waals surface area contributed by atoms with Crippen LogP contribution in [0.15, 0.2) is 33.6 Å². The third-order valence-electron chi connectivity index (χ3n) is 6.56. The smallest absolute Gasteiger partial charge is 0.259 e. The average Bonchev–Trinajstić information content (AvgIpc) is 3.31. The second kappa shape index (κ2) is 7.37. The van der Waals surface area contributed by atoms with Crippen LogP contribution in [0, 0.1) is 19.8 Å². The Morgan fingerprint density at radius 1 is 1.14 bits per heavy atom. The highest BCUT2D eigenvalue weighted by Crippen LogP contribution is 2.47. The minimum absolute atomic E-state index is 0.0142. The molecule has 0 unspecified atom stereocenters. The van der Waals surface area contributed by atoms with E-state index in [1.807, 2.05) is 26.0 Å². The van der Waals surface area contributed by atoms with Crippen molar-refractivity contribution in [3.63, 3.8) is 0 Å². The first kappa shape index (κ1) is 18.5. The molecule has 2 aliphatic rings. The van der Waals surface area contributed by atoms with E-state index in [-0.39, 0.29) is 5.41 Å². The van der Waals surface area contributed by atoms with Crippen LogP contribution in [0.1, 0.15) is 54.9 Å². The maximum absolute atomic E-state index is 5.64. The number of hydrogen-bond donors (Lipinski definition) is 0. The number of rotatable bonds is 6. The van der Waals surface area contributed by atoms with Gasteiger partial charge in [0.2, 0.25) is 0 Å². The van der Waals surface area contributed by atoms with Crippen LogP contribution >= 0.6 is 0 Å². The molecule has 3 aromatic heterocycles. The molecular formula is C22H27N5O2. The number of aryl methyl sites for hydroxylation is 2.